The van der Waals surface area contributed by atoms with Gasteiger partial charge in [0.05, 0.1) is 5.56 Å². The zero-order valence-corrected chi connectivity index (χ0v) is 12.6. The maximum Gasteiger partial charge on any atom is 0.276 e. The van der Waals surface area contributed by atoms with E-state index in [-0.39, 0.29) is 23.4 Å². The molecule has 1 aliphatic heterocycles. The van der Waals surface area contributed by atoms with E-state index in [0.717, 1.165) is 13.1 Å². The molecule has 2 aromatic rings. The van der Waals surface area contributed by atoms with Crippen molar-refractivity contribution in [2.75, 3.05) is 26.7 Å². The molecule has 116 valence electrons. The Balaban J connectivity index is 1.82. The lowest BCUT2D eigenvalue weighted by Crippen LogP contribution is -2.52. The number of carbonyl (C=O) groups is 1. The molecule has 1 aromatic carbocycles. The highest BCUT2D eigenvalue weighted by Crippen LogP contribution is 2.24. The summed E-state index contributed by atoms with van der Waals surface area (Å²) in [7, 11) is 2.03. The number of halogens is 1. The molecule has 1 atom stereocenters. The standard InChI is InChI=1S/C16H18FN3O2/c1-11-10-19(2)7-8-20(11)16(21)14-9-15(22-18-14)12-5-3-4-6-13(12)17/h3-6,9,11H,7-8,10H2,1-2H3. The normalized spacial score (nSPS) is 19.4. The number of rotatable bonds is 2. The van der Waals surface area contributed by atoms with Crippen molar-refractivity contribution in [3.05, 3.63) is 41.8 Å². The lowest BCUT2D eigenvalue weighted by molar-refractivity contribution is 0.0523. The van der Waals surface area contributed by atoms with Crippen LogP contribution in [0.25, 0.3) is 11.3 Å². The van der Waals surface area contributed by atoms with Crippen LogP contribution in [0.4, 0.5) is 4.39 Å². The van der Waals surface area contributed by atoms with Crippen LogP contribution in [0.2, 0.25) is 0 Å². The minimum absolute atomic E-state index is 0.111. The van der Waals surface area contributed by atoms with E-state index in [4.69, 9.17) is 4.52 Å². The quantitative estimate of drug-likeness (QED) is 0.854. The number of aromatic nitrogens is 1. The average molecular weight is 303 g/mol. The number of hydrogen-bond donors (Lipinski definition) is 0. The third-order valence-corrected chi connectivity index (χ3v) is 3.96. The van der Waals surface area contributed by atoms with E-state index in [0.29, 0.717) is 12.1 Å². The highest BCUT2D eigenvalue weighted by Gasteiger charge is 2.28. The van der Waals surface area contributed by atoms with Gasteiger partial charge in [0.1, 0.15) is 5.82 Å². The van der Waals surface area contributed by atoms with Crippen molar-refractivity contribution in [2.45, 2.75) is 13.0 Å². The van der Waals surface area contributed by atoms with Crippen LogP contribution in [0.1, 0.15) is 17.4 Å². The van der Waals surface area contributed by atoms with Crippen molar-refractivity contribution in [2.24, 2.45) is 0 Å². The molecule has 1 fully saturated rings. The Labute approximate surface area is 128 Å². The van der Waals surface area contributed by atoms with E-state index in [1.165, 1.54) is 12.1 Å². The molecule has 2 heterocycles. The zero-order valence-electron chi connectivity index (χ0n) is 12.6. The van der Waals surface area contributed by atoms with Crippen LogP contribution in [-0.4, -0.2) is 53.6 Å². The Morgan fingerprint density at radius 2 is 2.14 bits per heavy atom. The molecule has 0 aliphatic carbocycles. The molecule has 1 aliphatic rings. The predicted molar refractivity (Wildman–Crippen MR) is 79.9 cm³/mol. The van der Waals surface area contributed by atoms with E-state index < -0.39 is 5.82 Å². The van der Waals surface area contributed by atoms with Crippen LogP contribution in [0, 0.1) is 5.82 Å². The van der Waals surface area contributed by atoms with Gasteiger partial charge in [-0.2, -0.15) is 0 Å². The molecule has 0 spiro atoms. The number of amides is 1. The molecular weight excluding hydrogens is 285 g/mol. The fourth-order valence-corrected chi connectivity index (χ4v) is 2.75. The first-order valence-electron chi connectivity index (χ1n) is 7.27. The molecule has 0 N–H and O–H groups in total. The first kappa shape index (κ1) is 14.7. The van der Waals surface area contributed by atoms with Crippen LogP contribution in [-0.2, 0) is 0 Å². The van der Waals surface area contributed by atoms with Gasteiger partial charge >= 0.3 is 0 Å². The molecule has 5 nitrogen and oxygen atoms in total. The lowest BCUT2D eigenvalue weighted by atomic mass is 10.1. The molecular formula is C16H18FN3O2. The van der Waals surface area contributed by atoms with E-state index in [1.807, 2.05) is 14.0 Å². The molecule has 6 heteroatoms. The Morgan fingerprint density at radius 3 is 2.86 bits per heavy atom. The fraction of sp³-hybridized carbons (Fsp3) is 0.375. The van der Waals surface area contributed by atoms with Crippen molar-refractivity contribution in [3.63, 3.8) is 0 Å². The molecule has 1 saturated heterocycles. The number of likely N-dealkylation sites (N-methyl/N-ethyl adjacent to an activating group) is 1. The number of benzene rings is 1. The van der Waals surface area contributed by atoms with E-state index >= 15 is 0 Å². The van der Waals surface area contributed by atoms with Crippen LogP contribution in [0.5, 0.6) is 0 Å². The zero-order chi connectivity index (χ0) is 15.7. The highest BCUT2D eigenvalue weighted by atomic mass is 19.1. The molecule has 1 unspecified atom stereocenters. The summed E-state index contributed by atoms with van der Waals surface area (Å²) < 4.78 is 18.9. The second-order valence-electron chi connectivity index (χ2n) is 5.67. The van der Waals surface area contributed by atoms with Gasteiger partial charge < -0.3 is 14.3 Å². The fourth-order valence-electron chi connectivity index (χ4n) is 2.75. The molecule has 3 rings (SSSR count). The van der Waals surface area contributed by atoms with Crippen LogP contribution in [0.15, 0.2) is 34.9 Å². The van der Waals surface area contributed by atoms with E-state index in [2.05, 4.69) is 10.1 Å². The van der Waals surface area contributed by atoms with Crippen molar-refractivity contribution >= 4 is 5.91 Å². The summed E-state index contributed by atoms with van der Waals surface area (Å²) in [6, 6.07) is 7.88. The maximum atomic E-state index is 13.8. The van der Waals surface area contributed by atoms with Crippen molar-refractivity contribution in [1.29, 1.82) is 0 Å². The van der Waals surface area contributed by atoms with E-state index in [1.54, 1.807) is 23.1 Å². The number of hydrogen-bond acceptors (Lipinski definition) is 4. The third-order valence-electron chi connectivity index (χ3n) is 3.96. The molecule has 22 heavy (non-hydrogen) atoms. The lowest BCUT2D eigenvalue weighted by Gasteiger charge is -2.37. The molecule has 0 bridgehead atoms. The topological polar surface area (TPSA) is 49.6 Å². The smallest absolute Gasteiger partial charge is 0.276 e. The number of carbonyl (C=O) groups excluding carboxylic acids is 1. The van der Waals surface area contributed by atoms with Gasteiger partial charge in [-0.25, -0.2) is 4.39 Å². The summed E-state index contributed by atoms with van der Waals surface area (Å²) in [6.45, 7) is 4.31. The molecule has 1 aromatic heterocycles. The molecule has 0 radical (unpaired) electrons. The van der Waals surface area contributed by atoms with Gasteiger partial charge in [-0.05, 0) is 26.1 Å². The van der Waals surface area contributed by atoms with Gasteiger partial charge in [0.25, 0.3) is 5.91 Å². The summed E-state index contributed by atoms with van der Waals surface area (Å²) in [5, 5.41) is 3.82. The van der Waals surface area contributed by atoms with Gasteiger partial charge in [0.2, 0.25) is 0 Å². The van der Waals surface area contributed by atoms with Crippen molar-refractivity contribution in [1.82, 2.24) is 15.0 Å². The Kier molecular flexibility index (Phi) is 3.94. The van der Waals surface area contributed by atoms with Gasteiger partial charge in [0.15, 0.2) is 11.5 Å². The SMILES string of the molecule is CC1CN(C)CCN1C(=O)c1cc(-c2ccccc2F)on1. The molecule has 0 saturated carbocycles. The molecule has 1 amide bonds. The minimum Gasteiger partial charge on any atom is -0.355 e. The second kappa shape index (κ2) is 5.88. The largest absolute Gasteiger partial charge is 0.355 e. The van der Waals surface area contributed by atoms with Crippen LogP contribution < -0.4 is 0 Å². The van der Waals surface area contributed by atoms with Gasteiger partial charge in [-0.3, -0.25) is 4.79 Å². The summed E-state index contributed by atoms with van der Waals surface area (Å²) in [4.78, 5) is 16.5. The second-order valence-corrected chi connectivity index (χ2v) is 5.67. The van der Waals surface area contributed by atoms with Crippen molar-refractivity contribution < 1.29 is 13.7 Å². The van der Waals surface area contributed by atoms with Crippen molar-refractivity contribution in [3.8, 4) is 11.3 Å². The monoisotopic (exact) mass is 303 g/mol. The number of piperazine rings is 1. The van der Waals surface area contributed by atoms with Crippen LogP contribution >= 0.6 is 0 Å². The Morgan fingerprint density at radius 1 is 1.36 bits per heavy atom. The average Bonchev–Trinajstić information content (AvgIpc) is 2.97. The van der Waals surface area contributed by atoms with E-state index in [9.17, 15) is 9.18 Å². The van der Waals surface area contributed by atoms with Crippen LogP contribution in [0.3, 0.4) is 0 Å². The number of nitrogens with zero attached hydrogens (tertiary/aromatic N) is 3. The first-order valence-corrected chi connectivity index (χ1v) is 7.27. The third kappa shape index (κ3) is 2.74. The Hall–Kier alpha value is -2.21. The van der Waals surface area contributed by atoms with Gasteiger partial charge in [-0.15, -0.1) is 0 Å². The minimum atomic E-state index is -0.398. The summed E-state index contributed by atoms with van der Waals surface area (Å²) in [5.41, 5.74) is 0.523. The summed E-state index contributed by atoms with van der Waals surface area (Å²) in [5.74, 6) is -0.305. The summed E-state index contributed by atoms with van der Waals surface area (Å²) >= 11 is 0. The maximum absolute atomic E-state index is 13.8. The van der Waals surface area contributed by atoms with Gasteiger partial charge in [0, 0.05) is 31.7 Å². The van der Waals surface area contributed by atoms with Gasteiger partial charge in [-0.1, -0.05) is 17.3 Å². The Bertz CT molecular complexity index is 686. The predicted octanol–water partition coefficient (Wildman–Crippen LogP) is 2.26. The highest BCUT2D eigenvalue weighted by molar-refractivity contribution is 5.93. The summed E-state index contributed by atoms with van der Waals surface area (Å²) in [6.07, 6.45) is 0. The first-order chi connectivity index (χ1) is 10.6.